The summed E-state index contributed by atoms with van der Waals surface area (Å²) >= 11 is 3.15. The van der Waals surface area contributed by atoms with Crippen LogP contribution < -0.4 is 16.0 Å². The molecule has 128 valence electrons. The molecular formula is C17H20BrN3O3. The minimum absolute atomic E-state index is 0.138. The van der Waals surface area contributed by atoms with Crippen molar-refractivity contribution in [1.29, 1.82) is 0 Å². The summed E-state index contributed by atoms with van der Waals surface area (Å²) < 4.78 is 5.68. The van der Waals surface area contributed by atoms with E-state index < -0.39 is 0 Å². The molecule has 1 heterocycles. The molecule has 0 saturated carbocycles. The number of nitrogens with one attached hydrogen (secondary N) is 3. The third-order valence-electron chi connectivity index (χ3n) is 3.22. The number of furan rings is 1. The molecule has 0 radical (unpaired) electrons. The topological polar surface area (TPSA) is 83.4 Å². The van der Waals surface area contributed by atoms with Gasteiger partial charge in [0, 0.05) is 24.3 Å². The predicted molar refractivity (Wildman–Crippen MR) is 96.3 cm³/mol. The molecule has 0 atom stereocenters. The lowest BCUT2D eigenvalue weighted by Gasteiger charge is -2.07. The molecule has 7 heteroatoms. The highest BCUT2D eigenvalue weighted by Gasteiger charge is 2.11. The van der Waals surface area contributed by atoms with Crippen molar-refractivity contribution >= 4 is 33.4 Å². The van der Waals surface area contributed by atoms with E-state index in [1.54, 1.807) is 36.4 Å². The molecule has 0 aliphatic heterocycles. The monoisotopic (exact) mass is 393 g/mol. The number of rotatable bonds is 8. The molecule has 3 N–H and O–H groups in total. The van der Waals surface area contributed by atoms with Crippen molar-refractivity contribution in [1.82, 2.24) is 10.6 Å². The molecule has 2 amide bonds. The average Bonchev–Trinajstić information content (AvgIpc) is 3.02. The van der Waals surface area contributed by atoms with E-state index in [9.17, 15) is 9.59 Å². The number of carbonyl (C=O) groups is 2. The Kier molecular flexibility index (Phi) is 7.02. The van der Waals surface area contributed by atoms with Crippen molar-refractivity contribution in [2.75, 3.05) is 25.0 Å². The smallest absolute Gasteiger partial charge is 0.291 e. The molecule has 0 aliphatic carbocycles. The number of amides is 2. The summed E-state index contributed by atoms with van der Waals surface area (Å²) in [6, 6.07) is 9.93. The number of anilines is 1. The molecule has 0 aliphatic rings. The molecular weight excluding hydrogens is 374 g/mol. The van der Waals surface area contributed by atoms with Crippen LogP contribution >= 0.6 is 15.9 Å². The Morgan fingerprint density at radius 1 is 1.00 bits per heavy atom. The highest BCUT2D eigenvalue weighted by molar-refractivity contribution is 9.10. The van der Waals surface area contributed by atoms with Gasteiger partial charge in [-0.15, -0.1) is 0 Å². The fraction of sp³-hybridized carbons (Fsp3) is 0.294. The standard InChI is InChI=1S/C17H20BrN3O3/c1-2-9-19-10-11-20-16(22)12-3-5-13(6-4-12)21-17(23)14-7-8-15(18)24-14/h3-8,19H,2,9-11H2,1H3,(H,20,22)(H,21,23). The van der Waals surface area contributed by atoms with Crippen molar-refractivity contribution in [2.45, 2.75) is 13.3 Å². The lowest BCUT2D eigenvalue weighted by Crippen LogP contribution is -2.32. The fourth-order valence-corrected chi connectivity index (χ4v) is 2.31. The zero-order valence-corrected chi connectivity index (χ0v) is 15.0. The number of carbonyl (C=O) groups excluding carboxylic acids is 2. The van der Waals surface area contributed by atoms with Crippen LogP contribution in [0.4, 0.5) is 5.69 Å². The quantitative estimate of drug-likeness (QED) is 0.601. The van der Waals surface area contributed by atoms with Crippen molar-refractivity contribution < 1.29 is 14.0 Å². The third kappa shape index (κ3) is 5.50. The highest BCUT2D eigenvalue weighted by Crippen LogP contribution is 2.16. The average molecular weight is 394 g/mol. The fourth-order valence-electron chi connectivity index (χ4n) is 2.00. The second kappa shape index (κ2) is 9.24. The van der Waals surface area contributed by atoms with Crippen LogP contribution in [0.3, 0.4) is 0 Å². The van der Waals surface area contributed by atoms with Crippen molar-refractivity contribution in [2.24, 2.45) is 0 Å². The molecule has 1 aromatic heterocycles. The zero-order valence-electron chi connectivity index (χ0n) is 13.4. The van der Waals surface area contributed by atoms with Gasteiger partial charge >= 0.3 is 0 Å². The maximum Gasteiger partial charge on any atom is 0.291 e. The van der Waals surface area contributed by atoms with E-state index in [-0.39, 0.29) is 17.6 Å². The normalized spacial score (nSPS) is 10.4. The van der Waals surface area contributed by atoms with Crippen LogP contribution in [0.25, 0.3) is 0 Å². The van der Waals surface area contributed by atoms with Gasteiger partial charge in [-0.05, 0) is 65.3 Å². The van der Waals surface area contributed by atoms with Crippen LogP contribution in [0.1, 0.15) is 34.3 Å². The summed E-state index contributed by atoms with van der Waals surface area (Å²) in [7, 11) is 0. The van der Waals surface area contributed by atoms with Gasteiger partial charge < -0.3 is 20.4 Å². The summed E-state index contributed by atoms with van der Waals surface area (Å²) in [4.78, 5) is 24.0. The summed E-state index contributed by atoms with van der Waals surface area (Å²) in [6.45, 7) is 4.35. The van der Waals surface area contributed by atoms with Gasteiger partial charge in [0.2, 0.25) is 0 Å². The number of benzene rings is 1. The summed E-state index contributed by atoms with van der Waals surface area (Å²) in [6.07, 6.45) is 1.07. The third-order valence-corrected chi connectivity index (χ3v) is 3.64. The van der Waals surface area contributed by atoms with Crippen molar-refractivity contribution in [3.63, 3.8) is 0 Å². The van der Waals surface area contributed by atoms with E-state index in [4.69, 9.17) is 4.42 Å². The first-order valence-electron chi connectivity index (χ1n) is 7.76. The first kappa shape index (κ1) is 18.2. The van der Waals surface area contributed by atoms with Crippen LogP contribution in [-0.2, 0) is 0 Å². The molecule has 0 unspecified atom stereocenters. The molecule has 6 nitrogen and oxygen atoms in total. The zero-order chi connectivity index (χ0) is 17.4. The number of hydrogen-bond acceptors (Lipinski definition) is 4. The lowest BCUT2D eigenvalue weighted by atomic mass is 10.2. The molecule has 2 rings (SSSR count). The van der Waals surface area contributed by atoms with Crippen molar-refractivity contribution in [3.05, 3.63) is 52.4 Å². The summed E-state index contributed by atoms with van der Waals surface area (Å²) in [5, 5.41) is 8.76. The molecule has 0 saturated heterocycles. The van der Waals surface area contributed by atoms with Gasteiger partial charge in [-0.25, -0.2) is 0 Å². The molecule has 24 heavy (non-hydrogen) atoms. The van der Waals surface area contributed by atoms with E-state index in [0.29, 0.717) is 22.5 Å². The Morgan fingerprint density at radius 3 is 2.38 bits per heavy atom. The van der Waals surface area contributed by atoms with Crippen LogP contribution in [0.5, 0.6) is 0 Å². The SMILES string of the molecule is CCCNCCNC(=O)c1ccc(NC(=O)c2ccc(Br)o2)cc1. The Bertz CT molecular complexity index is 683. The van der Waals surface area contributed by atoms with Gasteiger partial charge in [0.15, 0.2) is 10.4 Å². The maximum atomic E-state index is 12.0. The first-order valence-corrected chi connectivity index (χ1v) is 8.55. The van der Waals surface area contributed by atoms with Gasteiger partial charge in [0.25, 0.3) is 11.8 Å². The van der Waals surface area contributed by atoms with Crippen LogP contribution in [0.15, 0.2) is 45.5 Å². The lowest BCUT2D eigenvalue weighted by molar-refractivity contribution is 0.0953. The van der Waals surface area contributed by atoms with E-state index in [1.807, 2.05) is 0 Å². The second-order valence-electron chi connectivity index (χ2n) is 5.14. The van der Waals surface area contributed by atoms with Gasteiger partial charge in [-0.1, -0.05) is 6.92 Å². The maximum absolute atomic E-state index is 12.0. The minimum atomic E-state index is -0.347. The van der Waals surface area contributed by atoms with E-state index in [0.717, 1.165) is 19.5 Å². The number of hydrogen-bond donors (Lipinski definition) is 3. The van der Waals surface area contributed by atoms with E-state index in [2.05, 4.69) is 38.8 Å². The van der Waals surface area contributed by atoms with Crippen molar-refractivity contribution in [3.8, 4) is 0 Å². The second-order valence-corrected chi connectivity index (χ2v) is 5.92. The predicted octanol–water partition coefficient (Wildman–Crippen LogP) is 3.02. The molecule has 2 aromatic rings. The first-order chi connectivity index (χ1) is 11.6. The van der Waals surface area contributed by atoms with E-state index in [1.165, 1.54) is 0 Å². The number of halogens is 1. The summed E-state index contributed by atoms with van der Waals surface area (Å²) in [5.41, 5.74) is 1.14. The molecule has 0 spiro atoms. The Balaban J connectivity index is 1.83. The van der Waals surface area contributed by atoms with Crippen LogP contribution in [-0.4, -0.2) is 31.4 Å². The van der Waals surface area contributed by atoms with E-state index >= 15 is 0 Å². The van der Waals surface area contributed by atoms with Crippen LogP contribution in [0, 0.1) is 0 Å². The Hall–Kier alpha value is -2.12. The Labute approximate surface area is 149 Å². The molecule has 0 fully saturated rings. The van der Waals surface area contributed by atoms with Crippen LogP contribution in [0.2, 0.25) is 0 Å². The minimum Gasteiger partial charge on any atom is -0.444 e. The summed E-state index contributed by atoms with van der Waals surface area (Å²) in [5.74, 6) is -0.274. The molecule has 0 bridgehead atoms. The Morgan fingerprint density at radius 2 is 1.75 bits per heavy atom. The van der Waals surface area contributed by atoms with Gasteiger partial charge in [-0.3, -0.25) is 9.59 Å². The molecule has 1 aromatic carbocycles. The van der Waals surface area contributed by atoms with Gasteiger partial charge in [0.05, 0.1) is 0 Å². The largest absolute Gasteiger partial charge is 0.444 e. The van der Waals surface area contributed by atoms with Gasteiger partial charge in [-0.2, -0.15) is 0 Å². The van der Waals surface area contributed by atoms with Gasteiger partial charge in [0.1, 0.15) is 0 Å². The highest BCUT2D eigenvalue weighted by atomic mass is 79.9.